The van der Waals surface area contributed by atoms with E-state index in [1.807, 2.05) is 36.4 Å². The summed E-state index contributed by atoms with van der Waals surface area (Å²) in [6, 6.07) is 74.9. The average Bonchev–Trinajstić information content (AvgIpc) is 4.14. The zero-order chi connectivity index (χ0) is 47.3. The lowest BCUT2D eigenvalue weighted by molar-refractivity contribution is 0.483. The number of aryl methyl sites for hydroxylation is 1. The molecule has 0 bridgehead atoms. The van der Waals surface area contributed by atoms with Crippen molar-refractivity contribution in [2.24, 2.45) is 0 Å². The Balaban J connectivity index is 0.954. The molecule has 336 valence electrons. The Labute approximate surface area is 409 Å². The van der Waals surface area contributed by atoms with Crippen LogP contribution in [0.2, 0.25) is 0 Å². The van der Waals surface area contributed by atoms with E-state index in [1.54, 1.807) is 0 Å². The second-order valence-corrected chi connectivity index (χ2v) is 18.5. The van der Waals surface area contributed by atoms with Gasteiger partial charge in [-0.3, -0.25) is 4.57 Å². The third-order valence-corrected chi connectivity index (χ3v) is 14.4. The first kappa shape index (κ1) is 40.5. The minimum absolute atomic E-state index is 0.599. The Hall–Kier alpha value is -9.58. The summed E-state index contributed by atoms with van der Waals surface area (Å²) in [6.45, 7) is 2.94. The molecule has 0 saturated heterocycles. The average molecular weight is 914 g/mol. The van der Waals surface area contributed by atoms with Crippen LogP contribution in [0.3, 0.4) is 0 Å². The van der Waals surface area contributed by atoms with Crippen LogP contribution in [0.5, 0.6) is 11.5 Å². The number of ether oxygens (including phenoxy) is 1. The molecular weight excluding hydrogens is 871 g/mol. The van der Waals surface area contributed by atoms with Gasteiger partial charge < -0.3 is 23.7 Å². The molecule has 5 heterocycles. The molecule has 0 N–H and O–H groups in total. The fourth-order valence-corrected chi connectivity index (χ4v) is 11.3. The van der Waals surface area contributed by atoms with E-state index in [0.717, 1.165) is 95.9 Å². The van der Waals surface area contributed by atoms with Gasteiger partial charge in [0.2, 0.25) is 0 Å². The Morgan fingerprint density at radius 1 is 0.465 bits per heavy atom. The van der Waals surface area contributed by atoms with Crippen molar-refractivity contribution in [2.45, 2.75) is 6.92 Å². The first-order chi connectivity index (χ1) is 35.0. The molecule has 8 nitrogen and oxygen atoms in total. The molecule has 0 unspecified atom stereocenters. The first-order valence-corrected chi connectivity index (χ1v) is 23.9. The summed E-state index contributed by atoms with van der Waals surface area (Å²) in [7, 11) is 2.12. The zero-order valence-electron chi connectivity index (χ0n) is 39.0. The van der Waals surface area contributed by atoms with E-state index in [0.29, 0.717) is 11.3 Å². The third-order valence-electron chi connectivity index (χ3n) is 14.4. The minimum Gasteiger partial charge on any atom is -0.457 e. The monoisotopic (exact) mass is 913 g/mol. The second kappa shape index (κ2) is 15.7. The highest BCUT2D eigenvalue weighted by molar-refractivity contribution is 6.13. The standard InChI is InChI=1S/C63H43N7O/c1-40-33-62(70-56-32-29-41(37-64)34-50(56)49-31-30-44(36-61(49)70)71-43-16-13-15-42(35-43)67-39-66(2)57-25-11-12-26-58(57)67)65-38-51(40)63-59(68-52-21-7-3-17-45(52)46-18-4-8-22-53(46)68)27-14-28-60(63)69-54-23-9-5-19-47(54)48-20-6-10-24-55(48)69/h3-36,38H,39H2,1-2H3. The van der Waals surface area contributed by atoms with Crippen molar-refractivity contribution in [3.8, 4) is 45.9 Å². The predicted octanol–water partition coefficient (Wildman–Crippen LogP) is 15.6. The summed E-state index contributed by atoms with van der Waals surface area (Å²) in [6.07, 6.45) is 2.05. The highest BCUT2D eigenvalue weighted by atomic mass is 16.5. The van der Waals surface area contributed by atoms with Crippen molar-refractivity contribution in [1.29, 1.82) is 5.26 Å². The van der Waals surface area contributed by atoms with Crippen LogP contribution in [0.25, 0.3) is 93.7 Å². The summed E-state index contributed by atoms with van der Waals surface area (Å²) in [4.78, 5) is 9.98. The smallest absolute Gasteiger partial charge is 0.137 e. The van der Waals surface area contributed by atoms with E-state index in [-0.39, 0.29) is 0 Å². The number of anilines is 3. The SMILES string of the molecule is Cc1cc(-n2c3ccc(C#N)cc3c3ccc(Oc4cccc(N5CN(C)c6ccccc65)c4)cc32)ncc1-c1c(-n2c3ccccc3c3ccccc32)cccc1-n1c2ccccc2c2ccccc21. The highest BCUT2D eigenvalue weighted by Crippen LogP contribution is 2.45. The van der Waals surface area contributed by atoms with Gasteiger partial charge in [-0.1, -0.05) is 97.1 Å². The van der Waals surface area contributed by atoms with Crippen molar-refractivity contribution in [1.82, 2.24) is 18.7 Å². The Kier molecular flexibility index (Phi) is 8.97. The summed E-state index contributed by atoms with van der Waals surface area (Å²) in [5, 5.41) is 16.8. The second-order valence-electron chi connectivity index (χ2n) is 18.5. The van der Waals surface area contributed by atoms with Gasteiger partial charge in [-0.05, 0) is 110 Å². The minimum atomic E-state index is 0.599. The lowest BCUT2D eigenvalue weighted by atomic mass is 9.98. The van der Waals surface area contributed by atoms with Gasteiger partial charge in [0.1, 0.15) is 17.3 Å². The summed E-state index contributed by atoms with van der Waals surface area (Å²) < 4.78 is 13.8. The number of hydrogen-bond acceptors (Lipinski definition) is 5. The Morgan fingerprint density at radius 2 is 1.00 bits per heavy atom. The fourth-order valence-electron chi connectivity index (χ4n) is 11.3. The van der Waals surface area contributed by atoms with Crippen LogP contribution in [0.1, 0.15) is 11.1 Å². The molecule has 13 aromatic rings. The molecule has 4 aromatic heterocycles. The van der Waals surface area contributed by atoms with Gasteiger partial charge in [-0.2, -0.15) is 5.26 Å². The number of pyridine rings is 1. The Morgan fingerprint density at radius 3 is 1.62 bits per heavy atom. The number of nitriles is 1. The summed E-state index contributed by atoms with van der Waals surface area (Å²) in [5.74, 6) is 2.20. The molecule has 0 aliphatic carbocycles. The molecule has 14 rings (SSSR count). The number of nitrogens with zero attached hydrogens (tertiary/aromatic N) is 7. The number of fused-ring (bicyclic) bond motifs is 10. The van der Waals surface area contributed by atoms with Gasteiger partial charge in [0, 0.05) is 74.5 Å². The molecule has 0 saturated carbocycles. The van der Waals surface area contributed by atoms with Crippen LogP contribution in [-0.4, -0.2) is 32.4 Å². The van der Waals surface area contributed by atoms with Crippen LogP contribution >= 0.6 is 0 Å². The van der Waals surface area contributed by atoms with Crippen LogP contribution in [0.4, 0.5) is 17.1 Å². The van der Waals surface area contributed by atoms with Gasteiger partial charge >= 0.3 is 0 Å². The van der Waals surface area contributed by atoms with E-state index in [1.165, 1.54) is 32.9 Å². The third kappa shape index (κ3) is 6.20. The van der Waals surface area contributed by atoms with Crippen molar-refractivity contribution in [2.75, 3.05) is 23.5 Å². The molecule has 0 amide bonds. The number of hydrogen-bond donors (Lipinski definition) is 0. The zero-order valence-corrected chi connectivity index (χ0v) is 39.0. The molecule has 0 radical (unpaired) electrons. The summed E-state index contributed by atoms with van der Waals surface area (Å²) >= 11 is 0. The van der Waals surface area contributed by atoms with E-state index < -0.39 is 0 Å². The number of benzene rings is 9. The maximum absolute atomic E-state index is 10.1. The van der Waals surface area contributed by atoms with Crippen LogP contribution < -0.4 is 14.5 Å². The predicted molar refractivity (Wildman–Crippen MR) is 291 cm³/mol. The van der Waals surface area contributed by atoms with Gasteiger partial charge in [0.25, 0.3) is 0 Å². The van der Waals surface area contributed by atoms with E-state index in [9.17, 15) is 5.26 Å². The maximum atomic E-state index is 10.1. The van der Waals surface area contributed by atoms with Crippen molar-refractivity contribution < 1.29 is 4.74 Å². The molecule has 9 aromatic carbocycles. The topological polar surface area (TPSA) is 67.2 Å². The van der Waals surface area contributed by atoms with Gasteiger partial charge in [-0.15, -0.1) is 0 Å². The lowest BCUT2D eigenvalue weighted by Gasteiger charge is -2.21. The number of rotatable bonds is 7. The quantitative estimate of drug-likeness (QED) is 0.159. The van der Waals surface area contributed by atoms with Gasteiger partial charge in [0.05, 0.1) is 74.2 Å². The van der Waals surface area contributed by atoms with E-state index >= 15 is 0 Å². The van der Waals surface area contributed by atoms with E-state index in [2.05, 4.69) is 220 Å². The fraction of sp³-hybridized carbons (Fsp3) is 0.0476. The van der Waals surface area contributed by atoms with Gasteiger partial charge in [0.15, 0.2) is 0 Å². The van der Waals surface area contributed by atoms with Gasteiger partial charge in [-0.25, -0.2) is 4.98 Å². The summed E-state index contributed by atoms with van der Waals surface area (Å²) in [5.41, 5.74) is 15.7. The molecule has 71 heavy (non-hydrogen) atoms. The van der Waals surface area contributed by atoms with Crippen LogP contribution in [-0.2, 0) is 0 Å². The van der Waals surface area contributed by atoms with Crippen molar-refractivity contribution in [3.05, 3.63) is 224 Å². The Bertz CT molecular complexity index is 4140. The molecular formula is C63H43N7O. The van der Waals surface area contributed by atoms with Crippen molar-refractivity contribution >= 4 is 82.5 Å². The molecule has 8 heteroatoms. The molecule has 1 aliphatic rings. The van der Waals surface area contributed by atoms with Crippen molar-refractivity contribution in [3.63, 3.8) is 0 Å². The molecule has 0 atom stereocenters. The highest BCUT2D eigenvalue weighted by Gasteiger charge is 2.26. The number of para-hydroxylation sites is 6. The lowest BCUT2D eigenvalue weighted by Crippen LogP contribution is -2.23. The van der Waals surface area contributed by atoms with Crippen LogP contribution in [0.15, 0.2) is 212 Å². The molecule has 0 fully saturated rings. The molecule has 0 spiro atoms. The van der Waals surface area contributed by atoms with E-state index in [4.69, 9.17) is 9.72 Å². The first-order valence-electron chi connectivity index (χ1n) is 23.9. The van der Waals surface area contributed by atoms with Crippen LogP contribution in [0, 0.1) is 18.3 Å². The molecule has 1 aliphatic heterocycles. The maximum Gasteiger partial charge on any atom is 0.137 e. The normalized spacial score (nSPS) is 12.5. The number of aromatic nitrogens is 4. The largest absolute Gasteiger partial charge is 0.457 e.